The summed E-state index contributed by atoms with van der Waals surface area (Å²) in [6.45, 7) is 6.18. The number of aryl methyl sites for hydroxylation is 2. The van der Waals surface area contributed by atoms with Crippen LogP contribution in [-0.2, 0) is 6.54 Å². The van der Waals surface area contributed by atoms with Crippen LogP contribution in [-0.4, -0.2) is 35.8 Å². The van der Waals surface area contributed by atoms with E-state index in [0.29, 0.717) is 24.6 Å². The number of hydrogen-bond donors (Lipinski definition) is 1. The monoisotopic (exact) mass is 335 g/mol. The van der Waals surface area contributed by atoms with Crippen molar-refractivity contribution in [2.24, 2.45) is 0 Å². The molecular weight excluding hydrogens is 313 g/mol. The minimum absolute atomic E-state index is 0.232. The van der Waals surface area contributed by atoms with Crippen LogP contribution in [0.1, 0.15) is 23.9 Å². The molecule has 1 atom stereocenters. The maximum atomic E-state index is 13.1. The first kappa shape index (κ1) is 17.8. The highest BCUT2D eigenvalue weighted by molar-refractivity contribution is 5.73. The molecule has 0 aliphatic heterocycles. The predicted octanol–water partition coefficient (Wildman–Crippen LogP) is 3.04. The molecule has 130 valence electrons. The summed E-state index contributed by atoms with van der Waals surface area (Å²) in [4.78, 5) is 13.7. The van der Waals surface area contributed by atoms with E-state index < -0.39 is 0 Å². The quantitative estimate of drug-likeness (QED) is 0.881. The maximum Gasteiger partial charge on any atom is 0.317 e. The number of halogens is 1. The van der Waals surface area contributed by atoms with E-state index in [1.54, 1.807) is 31.0 Å². The van der Waals surface area contributed by atoms with Gasteiger partial charge in [-0.1, -0.05) is 11.2 Å². The summed E-state index contributed by atoms with van der Waals surface area (Å²) < 4.78 is 23.8. The molecule has 1 N–H and O–H groups in total. The van der Waals surface area contributed by atoms with Crippen molar-refractivity contribution in [3.63, 3.8) is 0 Å². The molecule has 0 aliphatic carbocycles. The average molecular weight is 335 g/mol. The maximum absolute atomic E-state index is 13.1. The van der Waals surface area contributed by atoms with Crippen LogP contribution >= 0.6 is 0 Å². The van der Waals surface area contributed by atoms with Crippen molar-refractivity contribution in [1.82, 2.24) is 15.4 Å². The fraction of sp³-hybridized carbons (Fsp3) is 0.412. The van der Waals surface area contributed by atoms with E-state index in [0.717, 1.165) is 11.3 Å². The number of urea groups is 1. The Morgan fingerprint density at radius 3 is 2.83 bits per heavy atom. The molecule has 0 radical (unpaired) electrons. The molecule has 2 aromatic rings. The Kier molecular flexibility index (Phi) is 5.78. The molecule has 2 amide bonds. The van der Waals surface area contributed by atoms with Crippen LogP contribution < -0.4 is 10.1 Å². The molecular formula is C17H22FN3O3. The Balaban J connectivity index is 1.81. The van der Waals surface area contributed by atoms with Gasteiger partial charge in [0, 0.05) is 18.7 Å². The molecule has 24 heavy (non-hydrogen) atoms. The lowest BCUT2D eigenvalue weighted by Crippen LogP contribution is -2.41. The van der Waals surface area contributed by atoms with Gasteiger partial charge in [-0.3, -0.25) is 0 Å². The molecule has 0 fully saturated rings. The van der Waals surface area contributed by atoms with Gasteiger partial charge in [-0.15, -0.1) is 0 Å². The number of nitrogens with zero attached hydrogens (tertiary/aromatic N) is 2. The second-order valence-electron chi connectivity index (χ2n) is 5.73. The Morgan fingerprint density at radius 1 is 1.46 bits per heavy atom. The van der Waals surface area contributed by atoms with Crippen LogP contribution in [0.15, 0.2) is 28.8 Å². The van der Waals surface area contributed by atoms with E-state index in [-0.39, 0.29) is 18.0 Å². The largest absolute Gasteiger partial charge is 0.489 e. The summed E-state index contributed by atoms with van der Waals surface area (Å²) in [7, 11) is 1.69. The van der Waals surface area contributed by atoms with Crippen molar-refractivity contribution in [2.45, 2.75) is 33.4 Å². The lowest BCUT2D eigenvalue weighted by molar-refractivity contribution is 0.188. The molecule has 2 rings (SSSR count). The fourth-order valence-electron chi connectivity index (χ4n) is 2.22. The van der Waals surface area contributed by atoms with Gasteiger partial charge in [0.15, 0.2) is 0 Å². The van der Waals surface area contributed by atoms with E-state index in [1.165, 1.54) is 12.1 Å². The third-order valence-corrected chi connectivity index (χ3v) is 3.60. The molecule has 1 aromatic carbocycles. The highest BCUT2D eigenvalue weighted by Crippen LogP contribution is 2.15. The number of aromatic nitrogens is 1. The summed E-state index contributed by atoms with van der Waals surface area (Å²) in [5.41, 5.74) is 1.67. The lowest BCUT2D eigenvalue weighted by Gasteiger charge is -2.20. The van der Waals surface area contributed by atoms with Crippen molar-refractivity contribution in [2.75, 3.05) is 13.6 Å². The van der Waals surface area contributed by atoms with Gasteiger partial charge in [0.25, 0.3) is 0 Å². The molecule has 6 nitrogen and oxygen atoms in total. The lowest BCUT2D eigenvalue weighted by atomic mass is 10.2. The molecule has 0 aliphatic rings. The number of amides is 2. The summed E-state index contributed by atoms with van der Waals surface area (Å²) in [6.07, 6.45) is -0.289. The smallest absolute Gasteiger partial charge is 0.317 e. The predicted molar refractivity (Wildman–Crippen MR) is 87.3 cm³/mol. The van der Waals surface area contributed by atoms with Gasteiger partial charge in [-0.05, 0) is 32.9 Å². The summed E-state index contributed by atoms with van der Waals surface area (Å²) in [5, 5.41) is 6.66. The van der Waals surface area contributed by atoms with Crippen molar-refractivity contribution in [1.29, 1.82) is 0 Å². The Bertz CT molecular complexity index is 683. The molecule has 7 heteroatoms. The number of carbonyl (C=O) groups excluding carboxylic acids is 1. The zero-order valence-electron chi connectivity index (χ0n) is 14.3. The molecule has 0 saturated heterocycles. The highest BCUT2D eigenvalue weighted by Gasteiger charge is 2.16. The van der Waals surface area contributed by atoms with Gasteiger partial charge in [0.1, 0.15) is 23.4 Å². The molecule has 0 unspecified atom stereocenters. The number of carbonyl (C=O) groups is 1. The van der Waals surface area contributed by atoms with Gasteiger partial charge >= 0.3 is 6.03 Å². The van der Waals surface area contributed by atoms with Crippen LogP contribution in [0.25, 0.3) is 0 Å². The van der Waals surface area contributed by atoms with Crippen LogP contribution in [0.4, 0.5) is 9.18 Å². The van der Waals surface area contributed by atoms with E-state index in [4.69, 9.17) is 9.26 Å². The van der Waals surface area contributed by atoms with Crippen molar-refractivity contribution in [3.05, 3.63) is 47.1 Å². The van der Waals surface area contributed by atoms with Gasteiger partial charge < -0.3 is 19.5 Å². The van der Waals surface area contributed by atoms with Gasteiger partial charge in [-0.2, -0.15) is 0 Å². The number of nitrogens with one attached hydrogen (secondary N) is 1. The topological polar surface area (TPSA) is 67.6 Å². The minimum atomic E-state index is -0.358. The van der Waals surface area contributed by atoms with E-state index in [9.17, 15) is 9.18 Å². The molecule has 0 saturated carbocycles. The van der Waals surface area contributed by atoms with Crippen molar-refractivity contribution >= 4 is 6.03 Å². The zero-order valence-corrected chi connectivity index (χ0v) is 14.3. The standard InChI is InChI=1S/C17H22FN3O3/c1-11(23-15-7-5-6-14(18)8-15)9-19-17(22)21(4)10-16-12(2)20-24-13(16)3/h5-8,11H,9-10H2,1-4H3,(H,19,22)/t11-/m0/s1. The second kappa shape index (κ2) is 7.81. The first-order chi connectivity index (χ1) is 11.4. The van der Waals surface area contributed by atoms with E-state index in [1.807, 2.05) is 13.8 Å². The highest BCUT2D eigenvalue weighted by atomic mass is 19.1. The fourth-order valence-corrected chi connectivity index (χ4v) is 2.22. The van der Waals surface area contributed by atoms with E-state index >= 15 is 0 Å². The Hall–Kier alpha value is -2.57. The molecule has 1 heterocycles. The Morgan fingerprint density at radius 2 is 2.21 bits per heavy atom. The van der Waals surface area contributed by atoms with Crippen LogP contribution in [0, 0.1) is 19.7 Å². The van der Waals surface area contributed by atoms with Crippen LogP contribution in [0.5, 0.6) is 5.75 Å². The molecule has 0 bridgehead atoms. The zero-order chi connectivity index (χ0) is 17.7. The van der Waals surface area contributed by atoms with Gasteiger partial charge in [0.05, 0.1) is 18.8 Å². The normalized spacial score (nSPS) is 11.9. The van der Waals surface area contributed by atoms with Crippen LogP contribution in [0.3, 0.4) is 0 Å². The van der Waals surface area contributed by atoms with E-state index in [2.05, 4.69) is 10.5 Å². The second-order valence-corrected chi connectivity index (χ2v) is 5.73. The average Bonchev–Trinajstić information content (AvgIpc) is 2.84. The number of hydrogen-bond acceptors (Lipinski definition) is 4. The number of benzene rings is 1. The minimum Gasteiger partial charge on any atom is -0.489 e. The van der Waals surface area contributed by atoms with Gasteiger partial charge in [0.2, 0.25) is 0 Å². The molecule has 0 spiro atoms. The SMILES string of the molecule is Cc1noc(C)c1CN(C)C(=O)NC[C@H](C)Oc1cccc(F)c1. The summed E-state index contributed by atoms with van der Waals surface area (Å²) in [6, 6.07) is 5.67. The first-order valence-electron chi connectivity index (χ1n) is 7.69. The Labute approximate surface area is 140 Å². The van der Waals surface area contributed by atoms with Gasteiger partial charge in [-0.25, -0.2) is 9.18 Å². The number of ether oxygens (including phenoxy) is 1. The first-order valence-corrected chi connectivity index (χ1v) is 7.69. The third-order valence-electron chi connectivity index (χ3n) is 3.60. The van der Waals surface area contributed by atoms with Crippen molar-refractivity contribution < 1.29 is 18.4 Å². The molecule has 1 aromatic heterocycles. The summed E-state index contributed by atoms with van der Waals surface area (Å²) >= 11 is 0. The summed E-state index contributed by atoms with van der Waals surface area (Å²) in [5.74, 6) is 0.777. The number of rotatable bonds is 6. The third kappa shape index (κ3) is 4.71. The van der Waals surface area contributed by atoms with Crippen LogP contribution in [0.2, 0.25) is 0 Å². The van der Waals surface area contributed by atoms with Crippen molar-refractivity contribution in [3.8, 4) is 5.75 Å².